The van der Waals surface area contributed by atoms with E-state index in [-0.39, 0.29) is 17.4 Å². The van der Waals surface area contributed by atoms with Crippen molar-refractivity contribution in [1.82, 2.24) is 0 Å². The number of fused-ring (bicyclic) bond motifs is 1. The minimum atomic E-state index is -0.624. The van der Waals surface area contributed by atoms with E-state index in [0.717, 1.165) is 17.6 Å². The molecular weight excluding hydrogens is 324 g/mol. The maximum Gasteiger partial charge on any atom is 0.0811 e. The van der Waals surface area contributed by atoms with Gasteiger partial charge in [-0.25, -0.2) is 0 Å². The topological polar surface area (TPSA) is 60.7 Å². The first kappa shape index (κ1) is 19.9. The first-order valence-corrected chi connectivity index (χ1v) is 10.2. The molecule has 3 saturated carbocycles. The monoisotopic (exact) mass is 360 g/mol. The van der Waals surface area contributed by atoms with E-state index >= 15 is 0 Å². The lowest BCUT2D eigenvalue weighted by Crippen LogP contribution is -2.41. The molecule has 0 aliphatic heterocycles. The van der Waals surface area contributed by atoms with Crippen LogP contribution in [-0.4, -0.2) is 34.1 Å². The third kappa shape index (κ3) is 3.46. The van der Waals surface area contributed by atoms with Crippen LogP contribution in [0.4, 0.5) is 0 Å². The quantitative estimate of drug-likeness (QED) is 0.709. The van der Waals surface area contributed by atoms with Gasteiger partial charge in [0.05, 0.1) is 12.2 Å². The number of hydrogen-bond donors (Lipinski definition) is 3. The molecule has 3 aliphatic rings. The Morgan fingerprint density at radius 2 is 1.96 bits per heavy atom. The van der Waals surface area contributed by atoms with Crippen LogP contribution >= 0.6 is 0 Å². The highest BCUT2D eigenvalue weighted by atomic mass is 16.3. The third-order valence-electron chi connectivity index (χ3n) is 7.58. The van der Waals surface area contributed by atoms with Crippen LogP contribution in [0.1, 0.15) is 65.7 Å². The second kappa shape index (κ2) is 7.26. The molecule has 0 bridgehead atoms. The van der Waals surface area contributed by atoms with Crippen LogP contribution in [0.2, 0.25) is 0 Å². The SMILES string of the molecule is C=C1/C(=C\C=C2/CCC[C@]3(C)[C@@H](C(C)(C)CO)CC[C@@H]23)C[C@@H](O)C[C@@H]1O. The zero-order valence-corrected chi connectivity index (χ0v) is 16.7. The largest absolute Gasteiger partial charge is 0.396 e. The second-order valence-corrected chi connectivity index (χ2v) is 9.76. The summed E-state index contributed by atoms with van der Waals surface area (Å²) in [5.74, 6) is 1.13. The molecule has 3 N–H and O–H groups in total. The van der Waals surface area contributed by atoms with Crippen molar-refractivity contribution >= 4 is 0 Å². The molecule has 3 nitrogen and oxygen atoms in total. The minimum Gasteiger partial charge on any atom is -0.396 e. The number of aliphatic hydroxyl groups excluding tert-OH is 3. The highest BCUT2D eigenvalue weighted by Crippen LogP contribution is 2.61. The molecule has 0 aromatic heterocycles. The Morgan fingerprint density at radius 3 is 2.65 bits per heavy atom. The molecule has 3 heteroatoms. The number of rotatable bonds is 3. The van der Waals surface area contributed by atoms with Gasteiger partial charge in [0, 0.05) is 13.0 Å². The standard InChI is InChI=1S/C23H36O3/c1-15-17(12-18(25)13-20(15)26)8-7-16-6-5-11-23(4)19(16)9-10-21(23)22(2,3)14-24/h7-8,18-21,24-26H,1,5-6,9-14H2,2-4H3/b16-7+,17-8-/t18-,19+,20+,21-,23+/m1/s1. The van der Waals surface area contributed by atoms with E-state index in [0.29, 0.717) is 24.7 Å². The van der Waals surface area contributed by atoms with Crippen LogP contribution in [0, 0.1) is 22.7 Å². The van der Waals surface area contributed by atoms with Gasteiger partial charge in [0.25, 0.3) is 0 Å². The summed E-state index contributed by atoms with van der Waals surface area (Å²) in [5, 5.41) is 29.9. The summed E-state index contributed by atoms with van der Waals surface area (Å²) >= 11 is 0. The van der Waals surface area contributed by atoms with Crippen molar-refractivity contribution in [3.63, 3.8) is 0 Å². The van der Waals surface area contributed by atoms with Gasteiger partial charge < -0.3 is 15.3 Å². The molecular formula is C23H36O3. The highest BCUT2D eigenvalue weighted by Gasteiger charge is 2.53. The summed E-state index contributed by atoms with van der Waals surface area (Å²) in [6.07, 6.45) is 10.2. The highest BCUT2D eigenvalue weighted by molar-refractivity contribution is 5.38. The molecule has 0 heterocycles. The zero-order valence-electron chi connectivity index (χ0n) is 16.7. The van der Waals surface area contributed by atoms with Crippen molar-refractivity contribution in [1.29, 1.82) is 0 Å². The van der Waals surface area contributed by atoms with Crippen LogP contribution < -0.4 is 0 Å². The first-order valence-electron chi connectivity index (χ1n) is 10.2. The number of allylic oxidation sites excluding steroid dienone is 3. The van der Waals surface area contributed by atoms with E-state index in [1.807, 2.05) is 0 Å². The van der Waals surface area contributed by atoms with Gasteiger partial charge >= 0.3 is 0 Å². The van der Waals surface area contributed by atoms with Gasteiger partial charge in [-0.15, -0.1) is 0 Å². The Labute approximate surface area is 158 Å². The molecule has 0 saturated heterocycles. The fourth-order valence-electron chi connectivity index (χ4n) is 6.10. The molecule has 3 fully saturated rings. The van der Waals surface area contributed by atoms with Gasteiger partial charge in [-0.3, -0.25) is 0 Å². The molecule has 3 aliphatic carbocycles. The normalized spacial score (nSPS) is 41.7. The van der Waals surface area contributed by atoms with E-state index in [2.05, 4.69) is 39.5 Å². The Kier molecular flexibility index (Phi) is 5.54. The molecule has 0 amide bonds. The van der Waals surface area contributed by atoms with E-state index in [9.17, 15) is 15.3 Å². The summed E-state index contributed by atoms with van der Waals surface area (Å²) in [4.78, 5) is 0. The lowest BCUT2D eigenvalue weighted by molar-refractivity contribution is 0.00799. The molecule has 3 rings (SSSR count). The van der Waals surface area contributed by atoms with Crippen molar-refractivity contribution in [2.24, 2.45) is 22.7 Å². The Hall–Kier alpha value is -0.900. The molecule has 0 aromatic carbocycles. The summed E-state index contributed by atoms with van der Waals surface area (Å²) < 4.78 is 0. The van der Waals surface area contributed by atoms with E-state index in [4.69, 9.17) is 0 Å². The van der Waals surface area contributed by atoms with Gasteiger partial charge in [0.15, 0.2) is 0 Å². The van der Waals surface area contributed by atoms with Crippen LogP contribution in [0.15, 0.2) is 35.5 Å². The smallest absolute Gasteiger partial charge is 0.0811 e. The Balaban J connectivity index is 1.85. The summed E-state index contributed by atoms with van der Waals surface area (Å²) in [5.41, 5.74) is 3.48. The fraction of sp³-hybridized carbons (Fsp3) is 0.739. The van der Waals surface area contributed by atoms with Gasteiger partial charge in [0.1, 0.15) is 0 Å². The van der Waals surface area contributed by atoms with E-state index in [1.54, 1.807) is 0 Å². The van der Waals surface area contributed by atoms with Crippen LogP contribution in [0.3, 0.4) is 0 Å². The van der Waals surface area contributed by atoms with Crippen molar-refractivity contribution in [3.8, 4) is 0 Å². The van der Waals surface area contributed by atoms with Crippen LogP contribution in [-0.2, 0) is 0 Å². The molecule has 0 radical (unpaired) electrons. The molecule has 5 atom stereocenters. The maximum atomic E-state index is 10.1. The molecule has 146 valence electrons. The number of aliphatic hydroxyl groups is 3. The lowest BCUT2D eigenvalue weighted by Gasteiger charge is -2.47. The van der Waals surface area contributed by atoms with E-state index in [1.165, 1.54) is 31.3 Å². The van der Waals surface area contributed by atoms with E-state index < -0.39 is 12.2 Å². The zero-order chi connectivity index (χ0) is 19.1. The predicted molar refractivity (Wildman–Crippen MR) is 106 cm³/mol. The minimum absolute atomic E-state index is 0.0315. The van der Waals surface area contributed by atoms with Crippen molar-refractivity contribution < 1.29 is 15.3 Å². The van der Waals surface area contributed by atoms with Gasteiger partial charge in [-0.2, -0.15) is 0 Å². The predicted octanol–water partition coefficient (Wildman–Crippen LogP) is 4.15. The van der Waals surface area contributed by atoms with Crippen LogP contribution in [0.25, 0.3) is 0 Å². The average Bonchev–Trinajstić information content (AvgIpc) is 2.95. The summed E-state index contributed by atoms with van der Waals surface area (Å²) in [7, 11) is 0. The van der Waals surface area contributed by atoms with Gasteiger partial charge in [-0.1, -0.05) is 45.1 Å². The number of hydrogen-bond acceptors (Lipinski definition) is 3. The second-order valence-electron chi connectivity index (χ2n) is 9.76. The first-order chi connectivity index (χ1) is 12.2. The van der Waals surface area contributed by atoms with Gasteiger partial charge in [0.2, 0.25) is 0 Å². The average molecular weight is 361 g/mol. The van der Waals surface area contributed by atoms with Crippen molar-refractivity contribution in [2.45, 2.75) is 77.9 Å². The third-order valence-corrected chi connectivity index (χ3v) is 7.58. The Bertz CT molecular complexity index is 615. The lowest BCUT2D eigenvalue weighted by atomic mass is 9.58. The molecule has 0 unspecified atom stereocenters. The molecule has 0 aromatic rings. The van der Waals surface area contributed by atoms with Crippen molar-refractivity contribution in [3.05, 3.63) is 35.5 Å². The Morgan fingerprint density at radius 1 is 1.23 bits per heavy atom. The summed E-state index contributed by atoms with van der Waals surface area (Å²) in [6.45, 7) is 11.1. The molecule has 0 spiro atoms. The molecule has 26 heavy (non-hydrogen) atoms. The van der Waals surface area contributed by atoms with Gasteiger partial charge in [-0.05, 0) is 72.3 Å². The van der Waals surface area contributed by atoms with Crippen molar-refractivity contribution in [2.75, 3.05) is 6.61 Å². The summed E-state index contributed by atoms with van der Waals surface area (Å²) in [6, 6.07) is 0. The fourth-order valence-corrected chi connectivity index (χ4v) is 6.10. The maximum absolute atomic E-state index is 10.1. The van der Waals surface area contributed by atoms with Crippen LogP contribution in [0.5, 0.6) is 0 Å².